The molecule has 8 nitrogen and oxygen atoms in total. The minimum absolute atomic E-state index is 0.208. The van der Waals surface area contributed by atoms with E-state index in [4.69, 9.17) is 9.15 Å². The van der Waals surface area contributed by atoms with Crippen molar-refractivity contribution in [1.29, 1.82) is 0 Å². The highest BCUT2D eigenvalue weighted by molar-refractivity contribution is 7.16. The Hall–Kier alpha value is -2.68. The maximum Gasteiger partial charge on any atom is 0.433 e. The molecule has 24 heavy (non-hydrogen) atoms. The lowest BCUT2D eigenvalue weighted by molar-refractivity contribution is -0.402. The third-order valence-electron chi connectivity index (χ3n) is 3.26. The molecule has 1 amide bonds. The van der Waals surface area contributed by atoms with E-state index in [-0.39, 0.29) is 12.4 Å². The third kappa shape index (κ3) is 3.46. The van der Waals surface area contributed by atoms with Crippen molar-refractivity contribution in [2.24, 2.45) is 0 Å². The Kier molecular flexibility index (Phi) is 5.35. The lowest BCUT2D eigenvalue weighted by Crippen LogP contribution is -2.14. The Bertz CT molecular complexity index is 792. The molecule has 0 bridgehead atoms. The third-order valence-corrected chi connectivity index (χ3v) is 4.33. The van der Waals surface area contributed by atoms with E-state index < -0.39 is 22.7 Å². The summed E-state index contributed by atoms with van der Waals surface area (Å²) >= 11 is 1.25. The van der Waals surface area contributed by atoms with Gasteiger partial charge in [-0.15, -0.1) is 11.3 Å². The lowest BCUT2D eigenvalue weighted by Gasteiger charge is -2.07. The van der Waals surface area contributed by atoms with Gasteiger partial charge in [0.1, 0.15) is 9.92 Å². The van der Waals surface area contributed by atoms with Gasteiger partial charge in [0.15, 0.2) is 5.76 Å². The van der Waals surface area contributed by atoms with E-state index in [0.717, 1.165) is 16.5 Å². The van der Waals surface area contributed by atoms with E-state index in [1.165, 1.54) is 17.4 Å². The van der Waals surface area contributed by atoms with Gasteiger partial charge in [-0.25, -0.2) is 4.79 Å². The number of hydrogen-bond donors (Lipinski definition) is 1. The Morgan fingerprint density at radius 1 is 1.38 bits per heavy atom. The second-order valence-corrected chi connectivity index (χ2v) is 5.99. The number of amides is 1. The Morgan fingerprint density at radius 2 is 2.08 bits per heavy atom. The van der Waals surface area contributed by atoms with E-state index in [1.54, 1.807) is 6.92 Å². The molecule has 9 heteroatoms. The Labute approximate surface area is 141 Å². The average Bonchev–Trinajstić information content (AvgIpc) is 3.12. The average molecular weight is 352 g/mol. The van der Waals surface area contributed by atoms with Gasteiger partial charge in [0.25, 0.3) is 5.91 Å². The van der Waals surface area contributed by atoms with Crippen molar-refractivity contribution in [2.75, 3.05) is 11.9 Å². The highest BCUT2D eigenvalue weighted by Gasteiger charge is 2.25. The Balaban J connectivity index is 2.32. The van der Waals surface area contributed by atoms with Gasteiger partial charge in [-0.3, -0.25) is 14.9 Å². The molecule has 1 N–H and O–H groups in total. The first kappa shape index (κ1) is 17.7. The van der Waals surface area contributed by atoms with E-state index in [1.807, 2.05) is 13.8 Å². The van der Waals surface area contributed by atoms with E-state index >= 15 is 0 Å². The number of anilines is 1. The van der Waals surface area contributed by atoms with Crippen LogP contribution in [-0.4, -0.2) is 23.4 Å². The van der Waals surface area contributed by atoms with Crippen molar-refractivity contribution < 1.29 is 23.7 Å². The van der Waals surface area contributed by atoms with Gasteiger partial charge in [0.05, 0.1) is 18.2 Å². The summed E-state index contributed by atoms with van der Waals surface area (Å²) in [5.74, 6) is -1.92. The molecule has 128 valence electrons. The number of rotatable bonds is 6. The molecular weight excluding hydrogens is 336 g/mol. The first-order valence-electron chi connectivity index (χ1n) is 7.23. The predicted molar refractivity (Wildman–Crippen MR) is 87.7 cm³/mol. The second kappa shape index (κ2) is 7.26. The second-order valence-electron chi connectivity index (χ2n) is 4.76. The molecule has 0 aliphatic heterocycles. The van der Waals surface area contributed by atoms with Crippen LogP contribution in [0.15, 0.2) is 16.5 Å². The molecule has 0 radical (unpaired) electrons. The number of aryl methyl sites for hydroxylation is 1. The van der Waals surface area contributed by atoms with Gasteiger partial charge in [0.2, 0.25) is 0 Å². The topological polar surface area (TPSA) is 112 Å². The van der Waals surface area contributed by atoms with E-state index in [2.05, 4.69) is 5.32 Å². The summed E-state index contributed by atoms with van der Waals surface area (Å²) in [6, 6.07) is 2.30. The monoisotopic (exact) mass is 352 g/mol. The summed E-state index contributed by atoms with van der Waals surface area (Å²) in [5.41, 5.74) is 1.12. The van der Waals surface area contributed by atoms with Crippen LogP contribution in [0.2, 0.25) is 0 Å². The van der Waals surface area contributed by atoms with Crippen LogP contribution in [0.4, 0.5) is 10.9 Å². The highest BCUT2D eigenvalue weighted by Crippen LogP contribution is 2.34. The molecule has 0 aliphatic carbocycles. The van der Waals surface area contributed by atoms with Crippen LogP contribution in [0.1, 0.15) is 45.2 Å². The van der Waals surface area contributed by atoms with Crippen molar-refractivity contribution in [3.63, 3.8) is 0 Å². The molecule has 0 saturated heterocycles. The fourth-order valence-electron chi connectivity index (χ4n) is 2.22. The van der Waals surface area contributed by atoms with Gasteiger partial charge < -0.3 is 14.5 Å². The lowest BCUT2D eigenvalue weighted by atomic mass is 10.1. The number of ether oxygens (including phenoxy) is 1. The molecule has 0 aromatic carbocycles. The number of esters is 1. The number of thiophene rings is 1. The van der Waals surface area contributed by atoms with Crippen LogP contribution in [0.5, 0.6) is 0 Å². The number of carbonyl (C=O) groups excluding carboxylic acids is 2. The van der Waals surface area contributed by atoms with Crippen LogP contribution in [0.3, 0.4) is 0 Å². The highest BCUT2D eigenvalue weighted by atomic mass is 32.1. The van der Waals surface area contributed by atoms with Crippen molar-refractivity contribution in [3.8, 4) is 0 Å². The molecule has 0 spiro atoms. The molecule has 0 atom stereocenters. The van der Waals surface area contributed by atoms with Crippen LogP contribution >= 0.6 is 11.3 Å². The number of nitrogens with one attached hydrogen (secondary N) is 1. The molecule has 0 aliphatic rings. The predicted octanol–water partition coefficient (Wildman–Crippen LogP) is 3.55. The largest absolute Gasteiger partial charge is 0.462 e. The number of furan rings is 1. The Morgan fingerprint density at radius 3 is 2.62 bits per heavy atom. The summed E-state index contributed by atoms with van der Waals surface area (Å²) in [6.45, 7) is 5.66. The molecule has 2 rings (SSSR count). The maximum atomic E-state index is 12.2. The first-order valence-corrected chi connectivity index (χ1v) is 8.05. The number of nitrogens with zero attached hydrogens (tertiary/aromatic N) is 1. The van der Waals surface area contributed by atoms with Crippen molar-refractivity contribution in [2.45, 2.75) is 27.2 Å². The number of nitro groups is 1. The number of carbonyl (C=O) groups is 2. The van der Waals surface area contributed by atoms with Gasteiger partial charge in [-0.1, -0.05) is 6.92 Å². The summed E-state index contributed by atoms with van der Waals surface area (Å²) < 4.78 is 9.92. The van der Waals surface area contributed by atoms with Crippen molar-refractivity contribution >= 4 is 34.1 Å². The summed E-state index contributed by atoms with van der Waals surface area (Å²) in [4.78, 5) is 35.2. The summed E-state index contributed by atoms with van der Waals surface area (Å²) in [7, 11) is 0. The summed E-state index contributed by atoms with van der Waals surface area (Å²) in [6.07, 6.45) is 0.610. The standard InChI is InChI=1S/C15H16N2O6S/c1-4-9-8(3)24-14(12(9)15(19)22-5-2)16-13(18)10-6-7-11(23-10)17(20)21/h6-7H,4-5H2,1-3H3,(H,16,18). The molecule has 2 aromatic heterocycles. The van der Waals surface area contributed by atoms with Gasteiger partial charge in [-0.05, 0) is 31.9 Å². The van der Waals surface area contributed by atoms with E-state index in [0.29, 0.717) is 17.0 Å². The van der Waals surface area contributed by atoms with Crippen LogP contribution in [0, 0.1) is 17.0 Å². The molecule has 0 unspecified atom stereocenters. The van der Waals surface area contributed by atoms with Crippen LogP contribution in [-0.2, 0) is 11.2 Å². The number of hydrogen-bond acceptors (Lipinski definition) is 7. The van der Waals surface area contributed by atoms with Crippen molar-refractivity contribution in [3.05, 3.63) is 44.0 Å². The zero-order valence-corrected chi connectivity index (χ0v) is 14.2. The zero-order valence-electron chi connectivity index (χ0n) is 13.4. The SMILES string of the molecule is CCOC(=O)c1c(NC(=O)c2ccc([N+](=O)[O-])o2)sc(C)c1CC. The molecular formula is C15H16N2O6S. The van der Waals surface area contributed by atoms with Crippen LogP contribution in [0.25, 0.3) is 0 Å². The van der Waals surface area contributed by atoms with Gasteiger partial charge in [0, 0.05) is 4.88 Å². The molecule has 0 saturated carbocycles. The zero-order chi connectivity index (χ0) is 17.9. The van der Waals surface area contributed by atoms with Gasteiger partial charge >= 0.3 is 11.9 Å². The normalized spacial score (nSPS) is 10.5. The van der Waals surface area contributed by atoms with Gasteiger partial charge in [-0.2, -0.15) is 0 Å². The molecule has 2 aromatic rings. The molecule has 0 fully saturated rings. The van der Waals surface area contributed by atoms with Crippen LogP contribution < -0.4 is 5.32 Å². The first-order chi connectivity index (χ1) is 11.4. The smallest absolute Gasteiger partial charge is 0.433 e. The molecule has 2 heterocycles. The van der Waals surface area contributed by atoms with Crippen molar-refractivity contribution in [1.82, 2.24) is 0 Å². The fraction of sp³-hybridized carbons (Fsp3) is 0.333. The minimum Gasteiger partial charge on any atom is -0.462 e. The van der Waals surface area contributed by atoms with E-state index in [9.17, 15) is 19.7 Å². The summed E-state index contributed by atoms with van der Waals surface area (Å²) in [5, 5.41) is 13.5. The quantitative estimate of drug-likeness (QED) is 0.483. The fourth-order valence-corrected chi connectivity index (χ4v) is 3.35. The minimum atomic E-state index is -0.731. The maximum absolute atomic E-state index is 12.2.